The van der Waals surface area contributed by atoms with E-state index in [4.69, 9.17) is 14.2 Å². The van der Waals surface area contributed by atoms with Crippen molar-refractivity contribution in [3.8, 4) is 11.5 Å². The van der Waals surface area contributed by atoms with E-state index in [0.29, 0.717) is 17.1 Å². The molecule has 0 aliphatic heterocycles. The van der Waals surface area contributed by atoms with Crippen molar-refractivity contribution < 1.29 is 28.5 Å². The summed E-state index contributed by atoms with van der Waals surface area (Å²) in [6.45, 7) is 5.08. The van der Waals surface area contributed by atoms with E-state index in [9.17, 15) is 9.59 Å². The summed E-state index contributed by atoms with van der Waals surface area (Å²) >= 11 is 0. The van der Waals surface area contributed by atoms with Crippen LogP contribution in [0.5, 0.6) is 11.5 Å². The van der Waals surface area contributed by atoms with Gasteiger partial charge in [-0.1, -0.05) is 0 Å². The molecule has 6 nitrogen and oxygen atoms in total. The monoisotopic (exact) mass is 296 g/mol. The van der Waals surface area contributed by atoms with Crippen molar-refractivity contribution in [1.82, 2.24) is 0 Å². The van der Waals surface area contributed by atoms with Gasteiger partial charge >= 0.3 is 11.9 Å². The van der Waals surface area contributed by atoms with E-state index in [1.54, 1.807) is 20.8 Å². The second-order valence-electron chi connectivity index (χ2n) is 5.23. The number of carbonyl (C=O) groups excluding carboxylic acids is 2. The fourth-order valence-electron chi connectivity index (χ4n) is 1.54. The lowest BCUT2D eigenvalue weighted by Gasteiger charge is -2.19. The largest absolute Gasteiger partial charge is 0.493 e. The summed E-state index contributed by atoms with van der Waals surface area (Å²) in [7, 11) is 2.73. The Balaban J connectivity index is 2.75. The van der Waals surface area contributed by atoms with Gasteiger partial charge in [0.15, 0.2) is 18.1 Å². The molecular weight excluding hydrogens is 276 g/mol. The molecule has 0 saturated carbocycles. The molecule has 0 heterocycles. The summed E-state index contributed by atoms with van der Waals surface area (Å²) in [5, 5.41) is 0. The Kier molecular flexibility index (Phi) is 5.58. The van der Waals surface area contributed by atoms with Crippen LogP contribution in [0.15, 0.2) is 18.2 Å². The Morgan fingerprint density at radius 1 is 1.10 bits per heavy atom. The molecule has 21 heavy (non-hydrogen) atoms. The maximum atomic E-state index is 11.6. The van der Waals surface area contributed by atoms with Crippen LogP contribution in [0.25, 0.3) is 0 Å². The number of methoxy groups -OCH3 is 2. The minimum atomic E-state index is -0.570. The van der Waals surface area contributed by atoms with Crippen LogP contribution in [0, 0.1) is 0 Å². The van der Waals surface area contributed by atoms with Crippen LogP contribution in [0.2, 0.25) is 0 Å². The molecule has 0 fully saturated rings. The highest BCUT2D eigenvalue weighted by molar-refractivity contribution is 5.90. The zero-order valence-corrected chi connectivity index (χ0v) is 12.9. The van der Waals surface area contributed by atoms with E-state index in [-0.39, 0.29) is 6.61 Å². The molecule has 0 saturated heterocycles. The summed E-state index contributed by atoms with van der Waals surface area (Å²) in [5.41, 5.74) is -0.238. The molecule has 6 heteroatoms. The van der Waals surface area contributed by atoms with Crippen LogP contribution in [0.4, 0.5) is 0 Å². The summed E-state index contributed by atoms with van der Waals surface area (Å²) in [6, 6.07) is 4.55. The van der Waals surface area contributed by atoms with E-state index in [1.807, 2.05) is 0 Å². The minimum absolute atomic E-state index is 0.245. The molecule has 0 unspecified atom stereocenters. The number of esters is 2. The molecule has 1 aromatic rings. The van der Waals surface area contributed by atoms with Crippen molar-refractivity contribution in [3.63, 3.8) is 0 Å². The average Bonchev–Trinajstić information content (AvgIpc) is 2.42. The lowest BCUT2D eigenvalue weighted by Crippen LogP contribution is -2.27. The van der Waals surface area contributed by atoms with Gasteiger partial charge in [0.1, 0.15) is 5.60 Å². The molecule has 1 aromatic carbocycles. The maximum absolute atomic E-state index is 11.6. The Labute approximate surface area is 123 Å². The van der Waals surface area contributed by atoms with Gasteiger partial charge < -0.3 is 18.9 Å². The van der Waals surface area contributed by atoms with Gasteiger partial charge in [-0.05, 0) is 39.0 Å². The summed E-state index contributed by atoms with van der Waals surface area (Å²) in [4.78, 5) is 23.0. The van der Waals surface area contributed by atoms with Crippen LogP contribution in [0.3, 0.4) is 0 Å². The molecule has 0 radical (unpaired) electrons. The van der Waals surface area contributed by atoms with Crippen LogP contribution >= 0.6 is 0 Å². The molecular formula is C15H20O6. The molecule has 0 aromatic heterocycles. The highest BCUT2D eigenvalue weighted by Gasteiger charge is 2.18. The van der Waals surface area contributed by atoms with E-state index in [1.165, 1.54) is 32.4 Å². The topological polar surface area (TPSA) is 71.1 Å². The van der Waals surface area contributed by atoms with Crippen LogP contribution < -0.4 is 9.47 Å². The van der Waals surface area contributed by atoms with E-state index in [2.05, 4.69) is 4.74 Å². The van der Waals surface area contributed by atoms with E-state index >= 15 is 0 Å². The fourth-order valence-corrected chi connectivity index (χ4v) is 1.54. The molecule has 0 spiro atoms. The Bertz CT molecular complexity index is 515. The number of rotatable bonds is 5. The first-order valence-electron chi connectivity index (χ1n) is 6.38. The van der Waals surface area contributed by atoms with Gasteiger partial charge in [-0.25, -0.2) is 9.59 Å². The third kappa shape index (κ3) is 5.33. The molecule has 116 valence electrons. The van der Waals surface area contributed by atoms with Gasteiger partial charge in [0.2, 0.25) is 0 Å². The summed E-state index contributed by atoms with van der Waals surface area (Å²) in [6.07, 6.45) is 0. The molecule has 0 bridgehead atoms. The molecule has 0 aliphatic carbocycles. The van der Waals surface area contributed by atoms with Gasteiger partial charge in [-0.15, -0.1) is 0 Å². The summed E-state index contributed by atoms with van der Waals surface area (Å²) in [5.74, 6) is -0.286. The number of hydrogen-bond donors (Lipinski definition) is 0. The average molecular weight is 296 g/mol. The maximum Gasteiger partial charge on any atom is 0.344 e. The quantitative estimate of drug-likeness (QED) is 0.776. The van der Waals surface area contributed by atoms with E-state index < -0.39 is 17.5 Å². The van der Waals surface area contributed by atoms with Gasteiger partial charge in [0.05, 0.1) is 19.8 Å². The van der Waals surface area contributed by atoms with Gasteiger partial charge in [0.25, 0.3) is 0 Å². The van der Waals surface area contributed by atoms with Crippen molar-refractivity contribution in [2.45, 2.75) is 26.4 Å². The first kappa shape index (κ1) is 16.8. The number of carbonyl (C=O) groups is 2. The predicted molar refractivity (Wildman–Crippen MR) is 75.7 cm³/mol. The highest BCUT2D eigenvalue weighted by Crippen LogP contribution is 2.28. The van der Waals surface area contributed by atoms with Crippen LogP contribution in [-0.2, 0) is 14.3 Å². The number of ether oxygens (including phenoxy) is 4. The smallest absolute Gasteiger partial charge is 0.344 e. The van der Waals surface area contributed by atoms with Crippen molar-refractivity contribution in [3.05, 3.63) is 23.8 Å². The lowest BCUT2D eigenvalue weighted by atomic mass is 10.2. The minimum Gasteiger partial charge on any atom is -0.493 e. The van der Waals surface area contributed by atoms with Crippen molar-refractivity contribution in [2.75, 3.05) is 20.8 Å². The normalized spacial score (nSPS) is 10.7. The lowest BCUT2D eigenvalue weighted by molar-refractivity contribution is -0.157. The first-order valence-corrected chi connectivity index (χ1v) is 6.38. The molecule has 0 amide bonds. The van der Waals surface area contributed by atoms with Gasteiger partial charge in [-0.3, -0.25) is 0 Å². The first-order chi connectivity index (χ1) is 9.76. The molecule has 1 rings (SSSR count). The third-order valence-electron chi connectivity index (χ3n) is 2.35. The Hall–Kier alpha value is -2.24. The molecule has 0 N–H and O–H groups in total. The van der Waals surface area contributed by atoms with Crippen LogP contribution in [0.1, 0.15) is 31.1 Å². The van der Waals surface area contributed by atoms with Crippen LogP contribution in [-0.4, -0.2) is 38.4 Å². The highest BCUT2D eigenvalue weighted by atomic mass is 16.6. The van der Waals surface area contributed by atoms with Gasteiger partial charge in [0, 0.05) is 0 Å². The second kappa shape index (κ2) is 6.97. The molecule has 0 aliphatic rings. The predicted octanol–water partition coefficient (Wildman–Crippen LogP) is 2.20. The standard InChI is InChI=1S/C15H20O6/c1-15(2,3)21-13(16)9-20-11-7-6-10(14(17)19-5)8-12(11)18-4/h6-8H,9H2,1-5H3. The number of benzene rings is 1. The van der Waals surface area contributed by atoms with Crippen molar-refractivity contribution >= 4 is 11.9 Å². The summed E-state index contributed by atoms with van der Waals surface area (Å²) < 4.78 is 20.2. The second-order valence-corrected chi connectivity index (χ2v) is 5.23. The van der Waals surface area contributed by atoms with Crippen molar-refractivity contribution in [1.29, 1.82) is 0 Å². The fraction of sp³-hybridized carbons (Fsp3) is 0.467. The SMILES string of the molecule is COC(=O)c1ccc(OCC(=O)OC(C)(C)C)c(OC)c1. The zero-order valence-electron chi connectivity index (χ0n) is 12.9. The van der Waals surface area contributed by atoms with Crippen molar-refractivity contribution in [2.24, 2.45) is 0 Å². The Morgan fingerprint density at radius 3 is 2.29 bits per heavy atom. The van der Waals surface area contributed by atoms with E-state index in [0.717, 1.165) is 0 Å². The molecule has 0 atom stereocenters. The Morgan fingerprint density at radius 2 is 1.76 bits per heavy atom. The number of hydrogen-bond acceptors (Lipinski definition) is 6. The third-order valence-corrected chi connectivity index (χ3v) is 2.35. The van der Waals surface area contributed by atoms with Gasteiger partial charge in [-0.2, -0.15) is 0 Å². The zero-order chi connectivity index (χ0) is 16.0.